The van der Waals surface area contributed by atoms with E-state index in [1.165, 1.54) is 12.8 Å². The molecule has 1 fully saturated rings. The summed E-state index contributed by atoms with van der Waals surface area (Å²) in [7, 11) is 0. The normalized spacial score (nSPS) is 24.1. The summed E-state index contributed by atoms with van der Waals surface area (Å²) in [4.78, 5) is 12.4. The lowest BCUT2D eigenvalue weighted by atomic mass is 9.93. The van der Waals surface area contributed by atoms with Crippen LogP contribution in [0.2, 0.25) is 0 Å². The molecule has 1 heterocycles. The topological polar surface area (TPSA) is 41.1 Å². The van der Waals surface area contributed by atoms with Gasteiger partial charge in [0.1, 0.15) is 0 Å². The quantitative estimate of drug-likeness (QED) is 0.867. The predicted molar refractivity (Wildman–Crippen MR) is 82.7 cm³/mol. The number of nitrogens with one attached hydrogen (secondary N) is 2. The van der Waals surface area contributed by atoms with E-state index in [1.54, 1.807) is 0 Å². The van der Waals surface area contributed by atoms with Crippen LogP contribution in [0.15, 0.2) is 30.3 Å². The Hall–Kier alpha value is -1.35. The summed E-state index contributed by atoms with van der Waals surface area (Å²) >= 11 is 0. The fraction of sp³-hybridized carbons (Fsp3) is 0.588. The zero-order valence-corrected chi connectivity index (χ0v) is 12.6. The first-order valence-electron chi connectivity index (χ1n) is 7.76. The molecule has 20 heavy (non-hydrogen) atoms. The van der Waals surface area contributed by atoms with Crippen LogP contribution in [0.3, 0.4) is 0 Å². The first-order chi connectivity index (χ1) is 9.70. The Morgan fingerprint density at radius 2 is 2.10 bits per heavy atom. The van der Waals surface area contributed by atoms with Crippen molar-refractivity contribution in [3.8, 4) is 0 Å². The Bertz CT molecular complexity index is 410. The number of hydrogen-bond acceptors (Lipinski definition) is 2. The molecule has 1 aromatic rings. The van der Waals surface area contributed by atoms with Crippen LogP contribution in [-0.4, -0.2) is 25.0 Å². The summed E-state index contributed by atoms with van der Waals surface area (Å²) in [5.41, 5.74) is 1.11. The lowest BCUT2D eigenvalue weighted by Crippen LogP contribution is -2.42. The number of carbonyl (C=O) groups is 1. The molecule has 0 aliphatic carbocycles. The fourth-order valence-corrected chi connectivity index (χ4v) is 2.86. The SMILES string of the molecule is CCC(C(=O)NCC1CCC(C)NC1)c1ccccc1. The minimum absolute atomic E-state index is 0.0216. The van der Waals surface area contributed by atoms with E-state index in [0.29, 0.717) is 12.0 Å². The van der Waals surface area contributed by atoms with Gasteiger partial charge in [-0.2, -0.15) is 0 Å². The molecule has 0 spiro atoms. The van der Waals surface area contributed by atoms with Gasteiger partial charge < -0.3 is 10.6 Å². The Morgan fingerprint density at radius 1 is 1.35 bits per heavy atom. The highest BCUT2D eigenvalue weighted by molar-refractivity contribution is 5.83. The van der Waals surface area contributed by atoms with E-state index < -0.39 is 0 Å². The van der Waals surface area contributed by atoms with Gasteiger partial charge in [-0.1, -0.05) is 37.3 Å². The van der Waals surface area contributed by atoms with Crippen molar-refractivity contribution in [2.75, 3.05) is 13.1 Å². The highest BCUT2D eigenvalue weighted by atomic mass is 16.1. The van der Waals surface area contributed by atoms with Crippen molar-refractivity contribution in [1.29, 1.82) is 0 Å². The van der Waals surface area contributed by atoms with E-state index in [9.17, 15) is 4.79 Å². The first-order valence-corrected chi connectivity index (χ1v) is 7.76. The molecular formula is C17H26N2O. The van der Waals surface area contributed by atoms with Gasteiger partial charge in [-0.3, -0.25) is 4.79 Å². The second-order valence-electron chi connectivity index (χ2n) is 5.87. The summed E-state index contributed by atoms with van der Waals surface area (Å²) in [6, 6.07) is 10.7. The molecular weight excluding hydrogens is 248 g/mol. The Morgan fingerprint density at radius 3 is 2.70 bits per heavy atom. The van der Waals surface area contributed by atoms with Gasteiger partial charge in [0.25, 0.3) is 0 Å². The average Bonchev–Trinajstić information content (AvgIpc) is 2.48. The van der Waals surface area contributed by atoms with Gasteiger partial charge in [0.15, 0.2) is 0 Å². The maximum absolute atomic E-state index is 12.4. The molecule has 0 saturated carbocycles. The summed E-state index contributed by atoms with van der Waals surface area (Å²) in [5, 5.41) is 6.62. The summed E-state index contributed by atoms with van der Waals surface area (Å²) < 4.78 is 0. The van der Waals surface area contributed by atoms with Crippen LogP contribution in [0.5, 0.6) is 0 Å². The predicted octanol–water partition coefficient (Wildman–Crippen LogP) is 2.68. The molecule has 1 aliphatic heterocycles. The van der Waals surface area contributed by atoms with Gasteiger partial charge in [-0.15, -0.1) is 0 Å². The van der Waals surface area contributed by atoms with Gasteiger partial charge in [0.2, 0.25) is 5.91 Å². The van der Waals surface area contributed by atoms with Gasteiger partial charge in [-0.25, -0.2) is 0 Å². The van der Waals surface area contributed by atoms with Crippen molar-refractivity contribution in [3.63, 3.8) is 0 Å². The number of piperidine rings is 1. The molecule has 0 radical (unpaired) electrons. The molecule has 3 atom stereocenters. The minimum Gasteiger partial charge on any atom is -0.355 e. The maximum Gasteiger partial charge on any atom is 0.227 e. The highest BCUT2D eigenvalue weighted by Gasteiger charge is 2.21. The largest absolute Gasteiger partial charge is 0.355 e. The number of hydrogen-bond donors (Lipinski definition) is 2. The van der Waals surface area contributed by atoms with Crippen LogP contribution in [0.4, 0.5) is 0 Å². The second kappa shape index (κ2) is 7.44. The summed E-state index contributed by atoms with van der Waals surface area (Å²) in [6.07, 6.45) is 3.25. The zero-order chi connectivity index (χ0) is 14.4. The lowest BCUT2D eigenvalue weighted by molar-refractivity contribution is -0.122. The third kappa shape index (κ3) is 4.07. The van der Waals surface area contributed by atoms with E-state index in [2.05, 4.69) is 24.5 Å². The molecule has 3 heteroatoms. The van der Waals surface area contributed by atoms with Crippen LogP contribution in [0.1, 0.15) is 44.6 Å². The molecule has 2 N–H and O–H groups in total. The van der Waals surface area contributed by atoms with E-state index in [-0.39, 0.29) is 11.8 Å². The Balaban J connectivity index is 1.84. The van der Waals surface area contributed by atoms with E-state index in [1.807, 2.05) is 30.3 Å². The summed E-state index contributed by atoms with van der Waals surface area (Å²) in [5.74, 6) is 0.715. The van der Waals surface area contributed by atoms with Crippen molar-refractivity contribution in [2.24, 2.45) is 5.92 Å². The van der Waals surface area contributed by atoms with E-state index in [0.717, 1.165) is 25.1 Å². The highest BCUT2D eigenvalue weighted by Crippen LogP contribution is 2.20. The third-order valence-electron chi connectivity index (χ3n) is 4.25. The molecule has 0 aromatic heterocycles. The van der Waals surface area contributed by atoms with Crippen LogP contribution in [0, 0.1) is 5.92 Å². The van der Waals surface area contributed by atoms with Crippen molar-refractivity contribution >= 4 is 5.91 Å². The van der Waals surface area contributed by atoms with Crippen molar-refractivity contribution < 1.29 is 4.79 Å². The van der Waals surface area contributed by atoms with Crippen LogP contribution >= 0.6 is 0 Å². The second-order valence-corrected chi connectivity index (χ2v) is 5.87. The molecule has 1 amide bonds. The molecule has 1 aliphatic rings. The standard InChI is InChI=1S/C17H26N2O/c1-3-16(15-7-5-4-6-8-15)17(20)19-12-14-10-9-13(2)18-11-14/h4-8,13-14,16,18H,3,9-12H2,1-2H3,(H,19,20). The monoisotopic (exact) mass is 274 g/mol. The van der Waals surface area contributed by atoms with Gasteiger partial charge in [0, 0.05) is 12.6 Å². The van der Waals surface area contributed by atoms with Crippen molar-refractivity contribution in [3.05, 3.63) is 35.9 Å². The van der Waals surface area contributed by atoms with E-state index >= 15 is 0 Å². The first kappa shape index (κ1) is 15.0. The van der Waals surface area contributed by atoms with Gasteiger partial charge in [-0.05, 0) is 44.2 Å². The maximum atomic E-state index is 12.4. The molecule has 1 saturated heterocycles. The number of rotatable bonds is 5. The Kier molecular flexibility index (Phi) is 5.60. The molecule has 110 valence electrons. The van der Waals surface area contributed by atoms with Crippen molar-refractivity contribution in [1.82, 2.24) is 10.6 Å². The van der Waals surface area contributed by atoms with Crippen LogP contribution in [-0.2, 0) is 4.79 Å². The van der Waals surface area contributed by atoms with E-state index in [4.69, 9.17) is 0 Å². The third-order valence-corrected chi connectivity index (χ3v) is 4.25. The lowest BCUT2D eigenvalue weighted by Gasteiger charge is -2.28. The Labute approximate surface area is 122 Å². The molecule has 0 bridgehead atoms. The smallest absolute Gasteiger partial charge is 0.227 e. The zero-order valence-electron chi connectivity index (χ0n) is 12.6. The average molecular weight is 274 g/mol. The minimum atomic E-state index is -0.0216. The van der Waals surface area contributed by atoms with Crippen LogP contribution < -0.4 is 10.6 Å². The van der Waals surface area contributed by atoms with Crippen LogP contribution in [0.25, 0.3) is 0 Å². The fourth-order valence-electron chi connectivity index (χ4n) is 2.86. The number of amides is 1. The number of carbonyl (C=O) groups excluding carboxylic acids is 1. The molecule has 3 unspecified atom stereocenters. The van der Waals surface area contributed by atoms with Gasteiger partial charge in [0.05, 0.1) is 5.92 Å². The summed E-state index contributed by atoms with van der Waals surface area (Å²) in [6.45, 7) is 6.10. The molecule has 3 nitrogen and oxygen atoms in total. The molecule has 2 rings (SSSR count). The molecule has 1 aromatic carbocycles. The van der Waals surface area contributed by atoms with Crippen molar-refractivity contribution in [2.45, 2.75) is 45.1 Å². The van der Waals surface area contributed by atoms with Gasteiger partial charge >= 0.3 is 0 Å². The number of benzene rings is 1.